The number of rotatable bonds is 2. The lowest BCUT2D eigenvalue weighted by atomic mass is 10.2. The first kappa shape index (κ1) is 14.0. The Labute approximate surface area is 130 Å². The predicted molar refractivity (Wildman–Crippen MR) is 82.9 cm³/mol. The van der Waals surface area contributed by atoms with Crippen molar-refractivity contribution < 1.29 is 14.0 Å². The standard InChI is InChI=1S/C15H10ClNO3S/c1-17-14(18)13(21-15(17)19)8-11-5-6-12(20-11)9-3-2-4-10(16)7-9/h2-8H,1H3/b13-8-. The molecule has 3 rings (SSSR count). The highest BCUT2D eigenvalue weighted by molar-refractivity contribution is 8.18. The number of halogens is 1. The molecule has 0 aliphatic carbocycles. The molecule has 2 amide bonds. The lowest BCUT2D eigenvalue weighted by molar-refractivity contribution is -0.121. The molecule has 1 aliphatic rings. The van der Waals surface area contributed by atoms with Gasteiger partial charge in [-0.3, -0.25) is 14.5 Å². The molecule has 1 aliphatic heterocycles. The first-order valence-corrected chi connectivity index (χ1v) is 7.31. The molecule has 106 valence electrons. The maximum absolute atomic E-state index is 11.8. The smallest absolute Gasteiger partial charge is 0.293 e. The van der Waals surface area contributed by atoms with Gasteiger partial charge >= 0.3 is 0 Å². The molecule has 1 aromatic carbocycles. The number of furan rings is 1. The van der Waals surface area contributed by atoms with E-state index >= 15 is 0 Å². The summed E-state index contributed by atoms with van der Waals surface area (Å²) in [4.78, 5) is 24.7. The first-order valence-electron chi connectivity index (χ1n) is 6.12. The zero-order valence-electron chi connectivity index (χ0n) is 11.0. The van der Waals surface area contributed by atoms with Crippen molar-refractivity contribution in [1.82, 2.24) is 4.90 Å². The van der Waals surface area contributed by atoms with Crippen LogP contribution in [0.3, 0.4) is 0 Å². The molecule has 0 unspecified atom stereocenters. The van der Waals surface area contributed by atoms with Gasteiger partial charge in [0.05, 0.1) is 4.91 Å². The van der Waals surface area contributed by atoms with Gasteiger partial charge in [0.25, 0.3) is 11.1 Å². The summed E-state index contributed by atoms with van der Waals surface area (Å²) in [6, 6.07) is 10.8. The van der Waals surface area contributed by atoms with Crippen molar-refractivity contribution in [3.8, 4) is 11.3 Å². The van der Waals surface area contributed by atoms with Crippen LogP contribution in [0.2, 0.25) is 5.02 Å². The average molecular weight is 320 g/mol. The zero-order valence-corrected chi connectivity index (χ0v) is 12.6. The molecule has 2 heterocycles. The number of likely N-dealkylation sites (N-methyl/N-ethyl adjacent to an activating group) is 1. The summed E-state index contributed by atoms with van der Waals surface area (Å²) in [5, 5.41) is 0.338. The maximum Gasteiger partial charge on any atom is 0.293 e. The van der Waals surface area contributed by atoms with Crippen LogP contribution in [-0.4, -0.2) is 23.1 Å². The van der Waals surface area contributed by atoms with Gasteiger partial charge in [0.2, 0.25) is 0 Å². The van der Waals surface area contributed by atoms with Crippen molar-refractivity contribution in [2.45, 2.75) is 0 Å². The Hall–Kier alpha value is -1.98. The van der Waals surface area contributed by atoms with E-state index in [0.717, 1.165) is 22.2 Å². The minimum absolute atomic E-state index is 0.284. The van der Waals surface area contributed by atoms with E-state index in [1.54, 1.807) is 30.3 Å². The summed E-state index contributed by atoms with van der Waals surface area (Å²) in [5.74, 6) is 0.856. The molecule has 4 nitrogen and oxygen atoms in total. The third-order valence-corrected chi connectivity index (χ3v) is 4.19. The summed E-state index contributed by atoms with van der Waals surface area (Å²) >= 11 is 6.85. The Morgan fingerprint density at radius 2 is 2.05 bits per heavy atom. The van der Waals surface area contributed by atoms with Crippen molar-refractivity contribution in [3.05, 3.63) is 52.1 Å². The van der Waals surface area contributed by atoms with Crippen LogP contribution in [0.25, 0.3) is 17.4 Å². The maximum atomic E-state index is 11.8. The molecular formula is C15H10ClNO3S. The van der Waals surface area contributed by atoms with E-state index in [2.05, 4.69) is 0 Å². The molecule has 0 radical (unpaired) electrons. The molecule has 21 heavy (non-hydrogen) atoms. The third-order valence-electron chi connectivity index (χ3n) is 3.00. The van der Waals surface area contributed by atoms with Crippen LogP contribution >= 0.6 is 23.4 Å². The number of imide groups is 1. The molecule has 1 saturated heterocycles. The van der Waals surface area contributed by atoms with Crippen LogP contribution in [0.1, 0.15) is 5.76 Å². The van der Waals surface area contributed by atoms with Crippen LogP contribution in [0.5, 0.6) is 0 Å². The fourth-order valence-corrected chi connectivity index (χ4v) is 2.90. The van der Waals surface area contributed by atoms with E-state index in [4.69, 9.17) is 16.0 Å². The van der Waals surface area contributed by atoms with Crippen molar-refractivity contribution in [3.63, 3.8) is 0 Å². The largest absolute Gasteiger partial charge is 0.457 e. The van der Waals surface area contributed by atoms with Gasteiger partial charge in [-0.05, 0) is 36.0 Å². The fourth-order valence-electron chi connectivity index (χ4n) is 1.90. The van der Waals surface area contributed by atoms with Crippen molar-refractivity contribution >= 4 is 40.6 Å². The Bertz CT molecular complexity index is 766. The van der Waals surface area contributed by atoms with Gasteiger partial charge in [-0.1, -0.05) is 23.7 Å². The van der Waals surface area contributed by atoms with Gasteiger partial charge in [0, 0.05) is 23.7 Å². The van der Waals surface area contributed by atoms with Gasteiger partial charge in [-0.15, -0.1) is 0 Å². The van der Waals surface area contributed by atoms with Crippen molar-refractivity contribution in [2.24, 2.45) is 0 Å². The van der Waals surface area contributed by atoms with Gasteiger partial charge in [0.1, 0.15) is 11.5 Å². The minimum atomic E-state index is -0.314. The Morgan fingerprint density at radius 3 is 2.71 bits per heavy atom. The quantitative estimate of drug-likeness (QED) is 0.776. The van der Waals surface area contributed by atoms with Crippen molar-refractivity contribution in [2.75, 3.05) is 7.05 Å². The normalized spacial score (nSPS) is 17.0. The van der Waals surface area contributed by atoms with E-state index in [0.29, 0.717) is 21.4 Å². The zero-order chi connectivity index (χ0) is 15.0. The number of hydrogen-bond acceptors (Lipinski definition) is 4. The Balaban J connectivity index is 1.89. The molecule has 0 spiro atoms. The average Bonchev–Trinajstić information content (AvgIpc) is 3.01. The van der Waals surface area contributed by atoms with E-state index in [1.807, 2.05) is 12.1 Å². The lowest BCUT2D eigenvalue weighted by Gasteiger charge is -2.00. The van der Waals surface area contributed by atoms with Gasteiger partial charge in [-0.2, -0.15) is 0 Å². The van der Waals surface area contributed by atoms with Crippen LogP contribution in [-0.2, 0) is 4.79 Å². The molecule has 0 bridgehead atoms. The molecule has 0 atom stereocenters. The van der Waals surface area contributed by atoms with Gasteiger partial charge < -0.3 is 4.42 Å². The summed E-state index contributed by atoms with van der Waals surface area (Å²) in [6.07, 6.45) is 1.57. The van der Waals surface area contributed by atoms with Crippen LogP contribution in [0.4, 0.5) is 4.79 Å². The number of benzene rings is 1. The summed E-state index contributed by atoms with van der Waals surface area (Å²) in [7, 11) is 1.46. The van der Waals surface area contributed by atoms with E-state index in [-0.39, 0.29) is 11.1 Å². The summed E-state index contributed by atoms with van der Waals surface area (Å²) < 4.78 is 5.68. The Morgan fingerprint density at radius 1 is 1.24 bits per heavy atom. The summed E-state index contributed by atoms with van der Waals surface area (Å²) in [5.41, 5.74) is 0.853. The van der Waals surface area contributed by atoms with E-state index < -0.39 is 0 Å². The topological polar surface area (TPSA) is 50.5 Å². The predicted octanol–water partition coefficient (Wildman–Crippen LogP) is 4.27. The first-order chi connectivity index (χ1) is 10.0. The molecule has 0 saturated carbocycles. The second-order valence-electron chi connectivity index (χ2n) is 4.45. The minimum Gasteiger partial charge on any atom is -0.457 e. The van der Waals surface area contributed by atoms with Crippen LogP contribution in [0, 0.1) is 0 Å². The van der Waals surface area contributed by atoms with E-state index in [1.165, 1.54) is 7.05 Å². The van der Waals surface area contributed by atoms with Crippen LogP contribution < -0.4 is 0 Å². The van der Waals surface area contributed by atoms with Crippen LogP contribution in [0.15, 0.2) is 45.7 Å². The van der Waals surface area contributed by atoms with E-state index in [9.17, 15) is 9.59 Å². The number of nitrogens with zero attached hydrogens (tertiary/aromatic N) is 1. The number of thioether (sulfide) groups is 1. The molecule has 1 fully saturated rings. The second-order valence-corrected chi connectivity index (χ2v) is 5.88. The SMILES string of the molecule is CN1C(=O)S/C(=C\c2ccc(-c3cccc(Cl)c3)o2)C1=O. The highest BCUT2D eigenvalue weighted by atomic mass is 35.5. The molecular weight excluding hydrogens is 310 g/mol. The number of hydrogen-bond donors (Lipinski definition) is 0. The third kappa shape index (κ3) is 2.75. The Kier molecular flexibility index (Phi) is 3.61. The molecule has 0 N–H and O–H groups in total. The number of amides is 2. The van der Waals surface area contributed by atoms with Gasteiger partial charge in [-0.25, -0.2) is 0 Å². The highest BCUT2D eigenvalue weighted by Gasteiger charge is 2.32. The molecule has 2 aromatic rings. The van der Waals surface area contributed by atoms with Crippen molar-refractivity contribution in [1.29, 1.82) is 0 Å². The summed E-state index contributed by atoms with van der Waals surface area (Å²) in [6.45, 7) is 0. The highest BCUT2D eigenvalue weighted by Crippen LogP contribution is 2.32. The monoisotopic (exact) mass is 319 g/mol. The second kappa shape index (κ2) is 5.42. The lowest BCUT2D eigenvalue weighted by Crippen LogP contribution is -2.22. The van der Waals surface area contributed by atoms with Gasteiger partial charge in [0.15, 0.2) is 0 Å². The number of carbonyl (C=O) groups excluding carboxylic acids is 2. The number of carbonyl (C=O) groups is 2. The molecule has 6 heteroatoms. The fraction of sp³-hybridized carbons (Fsp3) is 0.0667. The molecule has 1 aromatic heterocycles.